The van der Waals surface area contributed by atoms with Crippen molar-refractivity contribution in [2.75, 3.05) is 37.1 Å². The number of morpholine rings is 1. The standard InChI is InChI=1S/C12H18ClN3O2/c1-3-17-11-6-9(2)14-12(15-11)16-4-5-18-10(7-13)8-16/h6,10H,3-5,7-8H2,1-2H3. The van der Waals surface area contributed by atoms with Gasteiger partial charge in [0.25, 0.3) is 0 Å². The highest BCUT2D eigenvalue weighted by atomic mass is 35.5. The molecule has 1 aromatic rings. The van der Waals surface area contributed by atoms with Crippen molar-refractivity contribution in [1.29, 1.82) is 0 Å². The minimum atomic E-state index is 0.0417. The van der Waals surface area contributed by atoms with Crippen molar-refractivity contribution < 1.29 is 9.47 Å². The van der Waals surface area contributed by atoms with Gasteiger partial charge in [-0.1, -0.05) is 0 Å². The van der Waals surface area contributed by atoms with Gasteiger partial charge in [-0.25, -0.2) is 4.98 Å². The molecule has 1 atom stereocenters. The van der Waals surface area contributed by atoms with E-state index in [9.17, 15) is 0 Å². The fourth-order valence-electron chi connectivity index (χ4n) is 1.88. The Labute approximate surface area is 112 Å². The van der Waals surface area contributed by atoms with Crippen LogP contribution in [0.15, 0.2) is 6.07 Å². The minimum absolute atomic E-state index is 0.0417. The van der Waals surface area contributed by atoms with Gasteiger partial charge in [-0.15, -0.1) is 11.6 Å². The van der Waals surface area contributed by atoms with Gasteiger partial charge >= 0.3 is 0 Å². The zero-order valence-corrected chi connectivity index (χ0v) is 11.5. The molecule has 1 unspecified atom stereocenters. The molecule has 0 amide bonds. The van der Waals surface area contributed by atoms with Crippen molar-refractivity contribution in [2.45, 2.75) is 20.0 Å². The molecule has 0 spiro atoms. The predicted octanol–water partition coefficient (Wildman–Crippen LogP) is 1.63. The Morgan fingerprint density at radius 1 is 1.56 bits per heavy atom. The minimum Gasteiger partial charge on any atom is -0.478 e. The van der Waals surface area contributed by atoms with E-state index in [-0.39, 0.29) is 6.10 Å². The molecule has 0 radical (unpaired) electrons. The van der Waals surface area contributed by atoms with Crippen LogP contribution >= 0.6 is 11.6 Å². The summed E-state index contributed by atoms with van der Waals surface area (Å²) in [6, 6.07) is 1.84. The average molecular weight is 272 g/mol. The van der Waals surface area contributed by atoms with E-state index in [4.69, 9.17) is 21.1 Å². The summed E-state index contributed by atoms with van der Waals surface area (Å²) in [5.74, 6) is 1.80. The Balaban J connectivity index is 2.16. The molecule has 5 nitrogen and oxygen atoms in total. The van der Waals surface area contributed by atoms with Gasteiger partial charge in [0.1, 0.15) is 0 Å². The van der Waals surface area contributed by atoms with Crippen LogP contribution in [0.1, 0.15) is 12.6 Å². The van der Waals surface area contributed by atoms with Crippen molar-refractivity contribution in [3.05, 3.63) is 11.8 Å². The number of hydrogen-bond donors (Lipinski definition) is 0. The zero-order valence-electron chi connectivity index (χ0n) is 10.7. The molecule has 6 heteroatoms. The van der Waals surface area contributed by atoms with E-state index >= 15 is 0 Å². The molecule has 1 fully saturated rings. The highest BCUT2D eigenvalue weighted by Crippen LogP contribution is 2.18. The summed E-state index contributed by atoms with van der Waals surface area (Å²) >= 11 is 5.83. The Bertz CT molecular complexity index is 403. The number of aromatic nitrogens is 2. The lowest BCUT2D eigenvalue weighted by atomic mass is 10.3. The lowest BCUT2D eigenvalue weighted by Crippen LogP contribution is -2.44. The summed E-state index contributed by atoms with van der Waals surface area (Å²) in [6.07, 6.45) is 0.0417. The van der Waals surface area contributed by atoms with E-state index in [1.54, 1.807) is 0 Å². The summed E-state index contributed by atoms with van der Waals surface area (Å²) in [5, 5.41) is 0. The van der Waals surface area contributed by atoms with E-state index in [0.29, 0.717) is 30.9 Å². The summed E-state index contributed by atoms with van der Waals surface area (Å²) in [7, 11) is 0. The lowest BCUT2D eigenvalue weighted by Gasteiger charge is -2.32. The van der Waals surface area contributed by atoms with Crippen LogP contribution in [0.2, 0.25) is 0 Å². The number of halogens is 1. The molecule has 0 saturated carbocycles. The van der Waals surface area contributed by atoms with Gasteiger partial charge in [0.05, 0.1) is 25.2 Å². The monoisotopic (exact) mass is 271 g/mol. The maximum atomic E-state index is 5.83. The van der Waals surface area contributed by atoms with Crippen LogP contribution in [0.25, 0.3) is 0 Å². The molecular weight excluding hydrogens is 254 g/mol. The molecule has 1 aliphatic heterocycles. The van der Waals surface area contributed by atoms with Gasteiger partial charge in [-0.3, -0.25) is 0 Å². The van der Waals surface area contributed by atoms with Crippen LogP contribution in [0.5, 0.6) is 5.88 Å². The number of anilines is 1. The maximum Gasteiger partial charge on any atom is 0.229 e. The first-order valence-electron chi connectivity index (χ1n) is 6.14. The fourth-order valence-corrected chi connectivity index (χ4v) is 2.07. The molecule has 18 heavy (non-hydrogen) atoms. The molecule has 2 heterocycles. The van der Waals surface area contributed by atoms with Gasteiger partial charge in [-0.05, 0) is 13.8 Å². The van der Waals surface area contributed by atoms with Crippen molar-refractivity contribution in [2.24, 2.45) is 0 Å². The molecule has 1 aromatic heterocycles. The molecular formula is C12H18ClN3O2. The van der Waals surface area contributed by atoms with Crippen LogP contribution in [0.3, 0.4) is 0 Å². The second-order valence-corrected chi connectivity index (χ2v) is 4.48. The highest BCUT2D eigenvalue weighted by Gasteiger charge is 2.22. The normalized spacial score (nSPS) is 19.9. The van der Waals surface area contributed by atoms with Crippen LogP contribution in [0, 0.1) is 6.92 Å². The number of rotatable bonds is 4. The third kappa shape index (κ3) is 3.23. The van der Waals surface area contributed by atoms with Gasteiger partial charge in [0.15, 0.2) is 0 Å². The van der Waals surface area contributed by atoms with Crippen molar-refractivity contribution in [3.63, 3.8) is 0 Å². The van der Waals surface area contributed by atoms with E-state index < -0.39 is 0 Å². The Kier molecular flexibility index (Phi) is 4.60. The maximum absolute atomic E-state index is 5.83. The SMILES string of the molecule is CCOc1cc(C)nc(N2CCOC(CCl)C2)n1. The molecule has 0 aliphatic carbocycles. The summed E-state index contributed by atoms with van der Waals surface area (Å²) in [5.41, 5.74) is 0.900. The Morgan fingerprint density at radius 3 is 3.11 bits per heavy atom. The predicted molar refractivity (Wildman–Crippen MR) is 70.6 cm³/mol. The summed E-state index contributed by atoms with van der Waals surface area (Å²) < 4.78 is 11.0. The van der Waals surface area contributed by atoms with Gasteiger partial charge in [0.2, 0.25) is 11.8 Å². The molecule has 0 bridgehead atoms. The van der Waals surface area contributed by atoms with E-state index in [1.807, 2.05) is 19.9 Å². The molecule has 1 aliphatic rings. The lowest BCUT2D eigenvalue weighted by molar-refractivity contribution is 0.0548. The van der Waals surface area contributed by atoms with Crippen molar-refractivity contribution in [3.8, 4) is 5.88 Å². The van der Waals surface area contributed by atoms with E-state index in [0.717, 1.165) is 18.8 Å². The number of alkyl halides is 1. The second-order valence-electron chi connectivity index (χ2n) is 4.17. The fraction of sp³-hybridized carbons (Fsp3) is 0.667. The van der Waals surface area contributed by atoms with Gasteiger partial charge in [-0.2, -0.15) is 4.98 Å². The first-order valence-corrected chi connectivity index (χ1v) is 6.67. The zero-order chi connectivity index (χ0) is 13.0. The number of ether oxygens (including phenoxy) is 2. The van der Waals surface area contributed by atoms with Crippen LogP contribution in [0.4, 0.5) is 5.95 Å². The molecule has 1 saturated heterocycles. The van der Waals surface area contributed by atoms with Crippen molar-refractivity contribution >= 4 is 17.5 Å². The van der Waals surface area contributed by atoms with Crippen LogP contribution in [-0.2, 0) is 4.74 Å². The van der Waals surface area contributed by atoms with Crippen molar-refractivity contribution in [1.82, 2.24) is 9.97 Å². The third-order valence-corrected chi connectivity index (χ3v) is 3.05. The molecule has 0 N–H and O–H groups in total. The van der Waals surface area contributed by atoms with Crippen LogP contribution in [-0.4, -0.2) is 48.3 Å². The number of aryl methyl sites for hydroxylation is 1. The molecule has 100 valence electrons. The first kappa shape index (κ1) is 13.4. The number of hydrogen-bond acceptors (Lipinski definition) is 5. The van der Waals surface area contributed by atoms with E-state index in [1.165, 1.54) is 0 Å². The van der Waals surface area contributed by atoms with Gasteiger partial charge in [0, 0.05) is 24.8 Å². The largest absolute Gasteiger partial charge is 0.478 e. The van der Waals surface area contributed by atoms with E-state index in [2.05, 4.69) is 14.9 Å². The average Bonchev–Trinajstić information content (AvgIpc) is 2.38. The second kappa shape index (κ2) is 6.20. The first-order chi connectivity index (χ1) is 8.72. The van der Waals surface area contributed by atoms with Gasteiger partial charge < -0.3 is 14.4 Å². The Hall–Kier alpha value is -1.07. The summed E-state index contributed by atoms with van der Waals surface area (Å²) in [6.45, 7) is 6.63. The smallest absolute Gasteiger partial charge is 0.229 e. The molecule has 2 rings (SSSR count). The summed E-state index contributed by atoms with van der Waals surface area (Å²) in [4.78, 5) is 10.9. The topological polar surface area (TPSA) is 47.5 Å². The van der Waals surface area contributed by atoms with Crippen LogP contribution < -0.4 is 9.64 Å². The molecule has 0 aromatic carbocycles. The number of nitrogens with zero attached hydrogens (tertiary/aromatic N) is 3. The third-order valence-electron chi connectivity index (χ3n) is 2.70. The quantitative estimate of drug-likeness (QED) is 0.779. The Morgan fingerprint density at radius 2 is 2.39 bits per heavy atom. The highest BCUT2D eigenvalue weighted by molar-refractivity contribution is 6.18.